The number of halogens is 1. The Balaban J connectivity index is 2.01. The number of ether oxygens (including phenoxy) is 1. The van der Waals surface area contributed by atoms with Crippen LogP contribution >= 0.6 is 15.9 Å². The molecule has 4 rings (SSSR count). The molecule has 0 aliphatic rings. The maximum atomic E-state index is 5.76. The van der Waals surface area contributed by atoms with Crippen molar-refractivity contribution in [3.63, 3.8) is 0 Å². The summed E-state index contributed by atoms with van der Waals surface area (Å²) in [7, 11) is 1.67. The summed E-state index contributed by atoms with van der Waals surface area (Å²) in [6.07, 6.45) is 1.83. The third-order valence-electron chi connectivity index (χ3n) is 3.92. The van der Waals surface area contributed by atoms with Crippen LogP contribution in [0, 0.1) is 0 Å². The van der Waals surface area contributed by atoms with Crippen molar-refractivity contribution < 1.29 is 9.15 Å². The zero-order valence-corrected chi connectivity index (χ0v) is 13.6. The topological polar surface area (TPSA) is 22.4 Å². The van der Waals surface area contributed by atoms with Gasteiger partial charge in [-0.05, 0) is 46.7 Å². The van der Waals surface area contributed by atoms with Gasteiger partial charge >= 0.3 is 0 Å². The standard InChI is InChI=1S/C19H13BrO2/c1-21-15-6-2-12(3-7-15)17-11-22-18-9-4-13-10-14(20)5-8-16(13)19(17)18/h2-11H,1H3. The smallest absolute Gasteiger partial charge is 0.135 e. The van der Waals surface area contributed by atoms with Crippen LogP contribution < -0.4 is 4.74 Å². The summed E-state index contributed by atoms with van der Waals surface area (Å²) in [4.78, 5) is 0. The molecule has 1 aromatic heterocycles. The lowest BCUT2D eigenvalue weighted by atomic mass is 9.99. The lowest BCUT2D eigenvalue weighted by Crippen LogP contribution is -1.82. The summed E-state index contributed by atoms with van der Waals surface area (Å²) >= 11 is 3.53. The predicted molar refractivity (Wildman–Crippen MR) is 93.4 cm³/mol. The quantitative estimate of drug-likeness (QED) is 0.439. The van der Waals surface area contributed by atoms with Crippen molar-refractivity contribution in [3.8, 4) is 16.9 Å². The number of furan rings is 1. The lowest BCUT2D eigenvalue weighted by Gasteiger charge is -2.04. The fourth-order valence-corrected chi connectivity index (χ4v) is 3.20. The Hall–Kier alpha value is -2.26. The van der Waals surface area contributed by atoms with Gasteiger partial charge in [-0.25, -0.2) is 0 Å². The van der Waals surface area contributed by atoms with Gasteiger partial charge in [-0.2, -0.15) is 0 Å². The normalized spacial score (nSPS) is 11.2. The number of fused-ring (bicyclic) bond motifs is 3. The second-order valence-electron chi connectivity index (χ2n) is 5.18. The molecule has 0 atom stereocenters. The van der Waals surface area contributed by atoms with Crippen molar-refractivity contribution in [2.24, 2.45) is 0 Å². The van der Waals surface area contributed by atoms with Gasteiger partial charge < -0.3 is 9.15 Å². The van der Waals surface area contributed by atoms with Crippen molar-refractivity contribution in [2.45, 2.75) is 0 Å². The summed E-state index contributed by atoms with van der Waals surface area (Å²) < 4.78 is 12.1. The highest BCUT2D eigenvalue weighted by Gasteiger charge is 2.12. The molecular weight excluding hydrogens is 340 g/mol. The molecule has 0 saturated heterocycles. The first-order valence-electron chi connectivity index (χ1n) is 7.00. The Morgan fingerprint density at radius 1 is 0.955 bits per heavy atom. The first kappa shape index (κ1) is 13.4. The highest BCUT2D eigenvalue weighted by molar-refractivity contribution is 9.10. The number of methoxy groups -OCH3 is 1. The fraction of sp³-hybridized carbons (Fsp3) is 0.0526. The van der Waals surface area contributed by atoms with E-state index >= 15 is 0 Å². The molecule has 0 amide bonds. The van der Waals surface area contributed by atoms with E-state index < -0.39 is 0 Å². The van der Waals surface area contributed by atoms with Gasteiger partial charge in [-0.15, -0.1) is 0 Å². The van der Waals surface area contributed by atoms with Crippen molar-refractivity contribution in [2.75, 3.05) is 7.11 Å². The minimum atomic E-state index is 0.852. The van der Waals surface area contributed by atoms with Gasteiger partial charge in [0.2, 0.25) is 0 Å². The van der Waals surface area contributed by atoms with E-state index in [4.69, 9.17) is 9.15 Å². The molecular formula is C19H13BrO2. The molecule has 2 nitrogen and oxygen atoms in total. The molecule has 0 unspecified atom stereocenters. The van der Waals surface area contributed by atoms with E-state index in [1.54, 1.807) is 7.11 Å². The van der Waals surface area contributed by atoms with Gasteiger partial charge in [-0.3, -0.25) is 0 Å². The predicted octanol–water partition coefficient (Wildman–Crippen LogP) is 6.02. The van der Waals surface area contributed by atoms with Crippen LogP contribution in [0.2, 0.25) is 0 Å². The maximum Gasteiger partial charge on any atom is 0.135 e. The van der Waals surface area contributed by atoms with Crippen molar-refractivity contribution in [3.05, 3.63) is 65.3 Å². The molecule has 0 spiro atoms. The third kappa shape index (κ3) is 2.09. The summed E-state index contributed by atoms with van der Waals surface area (Å²) in [5.74, 6) is 0.852. The molecule has 22 heavy (non-hydrogen) atoms. The molecule has 0 N–H and O–H groups in total. The van der Waals surface area contributed by atoms with Crippen LogP contribution in [0.25, 0.3) is 32.9 Å². The fourth-order valence-electron chi connectivity index (χ4n) is 2.82. The van der Waals surface area contributed by atoms with Crippen molar-refractivity contribution in [1.82, 2.24) is 0 Å². The van der Waals surface area contributed by atoms with Gasteiger partial charge in [0.15, 0.2) is 0 Å². The second-order valence-corrected chi connectivity index (χ2v) is 6.10. The molecule has 3 aromatic carbocycles. The first-order chi connectivity index (χ1) is 10.8. The molecule has 0 saturated carbocycles. The Kier molecular flexibility index (Phi) is 3.16. The van der Waals surface area contributed by atoms with Crippen LogP contribution in [0.15, 0.2) is 69.8 Å². The molecule has 0 aliphatic carbocycles. The van der Waals surface area contributed by atoms with Crippen molar-refractivity contribution >= 4 is 37.7 Å². The van der Waals surface area contributed by atoms with Crippen LogP contribution in [0.5, 0.6) is 5.75 Å². The monoisotopic (exact) mass is 352 g/mol. The van der Waals surface area contributed by atoms with E-state index in [0.717, 1.165) is 32.3 Å². The number of hydrogen-bond donors (Lipinski definition) is 0. The van der Waals surface area contributed by atoms with Crippen LogP contribution in [0.3, 0.4) is 0 Å². The molecule has 4 aromatic rings. The van der Waals surface area contributed by atoms with Gasteiger partial charge in [-0.1, -0.05) is 40.2 Å². The molecule has 3 heteroatoms. The number of hydrogen-bond acceptors (Lipinski definition) is 2. The Bertz CT molecular complexity index is 968. The summed E-state index contributed by atoms with van der Waals surface area (Å²) in [6, 6.07) is 18.5. The Labute approximate surface area is 136 Å². The van der Waals surface area contributed by atoms with Gasteiger partial charge in [0.25, 0.3) is 0 Å². The van der Waals surface area contributed by atoms with Crippen LogP contribution in [0.1, 0.15) is 0 Å². The Morgan fingerprint density at radius 2 is 1.77 bits per heavy atom. The molecule has 0 bridgehead atoms. The Morgan fingerprint density at radius 3 is 2.55 bits per heavy atom. The number of benzene rings is 3. The zero-order valence-electron chi connectivity index (χ0n) is 12.0. The summed E-state index contributed by atoms with van der Waals surface area (Å²) in [5, 5.41) is 3.54. The van der Waals surface area contributed by atoms with Crippen LogP contribution in [0.4, 0.5) is 0 Å². The van der Waals surface area contributed by atoms with Crippen LogP contribution in [-0.4, -0.2) is 7.11 Å². The molecule has 0 aliphatic heterocycles. The largest absolute Gasteiger partial charge is 0.497 e. The van der Waals surface area contributed by atoms with E-state index in [1.165, 1.54) is 10.8 Å². The van der Waals surface area contributed by atoms with Crippen molar-refractivity contribution in [1.29, 1.82) is 0 Å². The molecule has 0 fully saturated rings. The molecule has 1 heterocycles. The minimum Gasteiger partial charge on any atom is -0.497 e. The average Bonchev–Trinajstić information content (AvgIpc) is 2.99. The zero-order chi connectivity index (χ0) is 15.1. The number of rotatable bonds is 2. The summed E-state index contributed by atoms with van der Waals surface area (Å²) in [5.41, 5.74) is 3.13. The van der Waals surface area contributed by atoms with Gasteiger partial charge in [0.1, 0.15) is 11.3 Å². The third-order valence-corrected chi connectivity index (χ3v) is 4.41. The maximum absolute atomic E-state index is 5.76. The first-order valence-corrected chi connectivity index (χ1v) is 7.79. The van der Waals surface area contributed by atoms with E-state index in [2.05, 4.69) is 52.3 Å². The molecule has 0 radical (unpaired) electrons. The second kappa shape index (κ2) is 5.18. The van der Waals surface area contributed by atoms with E-state index in [9.17, 15) is 0 Å². The SMILES string of the molecule is COc1ccc(-c2coc3ccc4cc(Br)ccc4c23)cc1. The average molecular weight is 353 g/mol. The highest BCUT2D eigenvalue weighted by atomic mass is 79.9. The van der Waals surface area contributed by atoms with E-state index in [1.807, 2.05) is 24.5 Å². The van der Waals surface area contributed by atoms with E-state index in [-0.39, 0.29) is 0 Å². The molecule has 108 valence electrons. The van der Waals surface area contributed by atoms with E-state index in [0.29, 0.717) is 0 Å². The highest BCUT2D eigenvalue weighted by Crippen LogP contribution is 2.37. The van der Waals surface area contributed by atoms with Crippen LogP contribution in [-0.2, 0) is 0 Å². The van der Waals surface area contributed by atoms with Gasteiger partial charge in [0, 0.05) is 15.4 Å². The summed E-state index contributed by atoms with van der Waals surface area (Å²) in [6.45, 7) is 0. The van der Waals surface area contributed by atoms with Gasteiger partial charge in [0.05, 0.1) is 13.4 Å². The lowest BCUT2D eigenvalue weighted by molar-refractivity contribution is 0.415. The minimum absolute atomic E-state index is 0.852.